The van der Waals surface area contributed by atoms with Gasteiger partial charge in [-0.15, -0.1) is 0 Å². The van der Waals surface area contributed by atoms with Gasteiger partial charge < -0.3 is 0 Å². The Morgan fingerprint density at radius 1 is 1.20 bits per heavy atom. The summed E-state index contributed by atoms with van der Waals surface area (Å²) in [4.78, 5) is 9.00. The first-order valence-corrected chi connectivity index (χ1v) is 5.32. The second kappa shape index (κ2) is 3.61. The van der Waals surface area contributed by atoms with Crippen molar-refractivity contribution in [2.24, 2.45) is 0 Å². The van der Waals surface area contributed by atoms with Crippen molar-refractivity contribution in [3.8, 4) is 0 Å². The third-order valence-corrected chi connectivity index (χ3v) is 2.81. The van der Waals surface area contributed by atoms with E-state index in [0.29, 0.717) is 5.92 Å². The van der Waals surface area contributed by atoms with Crippen molar-refractivity contribution in [1.82, 2.24) is 9.97 Å². The quantitative estimate of drug-likeness (QED) is 0.705. The smallest absolute Gasteiger partial charge is 0.0924 e. The van der Waals surface area contributed by atoms with Crippen LogP contribution in [-0.2, 0) is 0 Å². The number of aromatic nitrogens is 2. The van der Waals surface area contributed by atoms with Crippen LogP contribution < -0.4 is 0 Å². The minimum Gasteiger partial charge on any atom is -0.255 e. The summed E-state index contributed by atoms with van der Waals surface area (Å²) in [6, 6.07) is 4.18. The molecule has 0 aliphatic carbocycles. The van der Waals surface area contributed by atoms with Gasteiger partial charge in [-0.05, 0) is 43.0 Å². The van der Waals surface area contributed by atoms with E-state index >= 15 is 0 Å². The Labute approximate surface area is 90.4 Å². The molecule has 0 saturated heterocycles. The van der Waals surface area contributed by atoms with Crippen molar-refractivity contribution in [2.75, 3.05) is 0 Å². The molecule has 0 radical (unpaired) electrons. The predicted molar refractivity (Wildman–Crippen MR) is 63.1 cm³/mol. The van der Waals surface area contributed by atoms with E-state index in [-0.39, 0.29) is 0 Å². The molecule has 2 nitrogen and oxygen atoms in total. The van der Waals surface area contributed by atoms with Crippen molar-refractivity contribution < 1.29 is 0 Å². The van der Waals surface area contributed by atoms with Crippen molar-refractivity contribution in [3.63, 3.8) is 0 Å². The number of pyridine rings is 2. The van der Waals surface area contributed by atoms with E-state index < -0.39 is 0 Å². The van der Waals surface area contributed by atoms with Crippen LogP contribution in [0.1, 0.15) is 36.6 Å². The monoisotopic (exact) mass is 200 g/mol. The van der Waals surface area contributed by atoms with Gasteiger partial charge in [0.15, 0.2) is 0 Å². The highest BCUT2D eigenvalue weighted by atomic mass is 14.8. The molecule has 0 spiro atoms. The van der Waals surface area contributed by atoms with Gasteiger partial charge in [0.05, 0.1) is 11.0 Å². The normalized spacial score (nSPS) is 11.3. The summed E-state index contributed by atoms with van der Waals surface area (Å²) in [7, 11) is 0. The van der Waals surface area contributed by atoms with Gasteiger partial charge in [-0.3, -0.25) is 9.97 Å². The van der Waals surface area contributed by atoms with Crippen LogP contribution in [0.3, 0.4) is 0 Å². The highest BCUT2D eigenvalue weighted by Gasteiger charge is 2.08. The van der Waals surface area contributed by atoms with Gasteiger partial charge in [0.25, 0.3) is 0 Å². The predicted octanol–water partition coefficient (Wildman–Crippen LogP) is 3.37. The van der Waals surface area contributed by atoms with Gasteiger partial charge in [0.1, 0.15) is 0 Å². The molecule has 0 bridgehead atoms. The van der Waals surface area contributed by atoms with Crippen molar-refractivity contribution in [3.05, 3.63) is 35.2 Å². The molecule has 0 N–H and O–H groups in total. The van der Waals surface area contributed by atoms with E-state index in [2.05, 4.69) is 42.9 Å². The van der Waals surface area contributed by atoms with Gasteiger partial charge in [-0.1, -0.05) is 13.8 Å². The topological polar surface area (TPSA) is 25.8 Å². The molecule has 15 heavy (non-hydrogen) atoms. The van der Waals surface area contributed by atoms with Gasteiger partial charge in [-0.2, -0.15) is 0 Å². The zero-order chi connectivity index (χ0) is 11.0. The Kier molecular flexibility index (Phi) is 2.43. The summed E-state index contributed by atoms with van der Waals surface area (Å²) in [5.74, 6) is 0.491. The molecule has 0 aliphatic heterocycles. The minimum atomic E-state index is 0.491. The molecule has 2 heteroatoms. The van der Waals surface area contributed by atoms with E-state index in [4.69, 9.17) is 0 Å². The van der Waals surface area contributed by atoms with Crippen LogP contribution in [0.5, 0.6) is 0 Å². The minimum absolute atomic E-state index is 0.491. The third kappa shape index (κ3) is 1.72. The fourth-order valence-corrected chi connectivity index (χ4v) is 1.74. The lowest BCUT2D eigenvalue weighted by Crippen LogP contribution is -1.96. The lowest BCUT2D eigenvalue weighted by Gasteiger charge is -2.10. The molecule has 2 aromatic heterocycles. The standard InChI is InChI=1S/C13H16N2/c1-8(2)11-5-6-14-12-7-9(3)10(4)15-13(11)12/h5-8H,1-4H3. The first kappa shape index (κ1) is 10.1. The van der Waals surface area contributed by atoms with E-state index in [1.165, 1.54) is 11.1 Å². The molecule has 0 atom stereocenters. The summed E-state index contributed by atoms with van der Waals surface area (Å²) in [6.07, 6.45) is 1.87. The zero-order valence-corrected chi connectivity index (χ0v) is 9.70. The van der Waals surface area contributed by atoms with Crippen molar-refractivity contribution in [2.45, 2.75) is 33.6 Å². The maximum atomic E-state index is 4.63. The highest BCUT2D eigenvalue weighted by Crippen LogP contribution is 2.23. The van der Waals surface area contributed by atoms with E-state index in [9.17, 15) is 0 Å². The van der Waals surface area contributed by atoms with Gasteiger partial charge >= 0.3 is 0 Å². The number of fused-ring (bicyclic) bond motifs is 1. The average Bonchev–Trinajstić information content (AvgIpc) is 2.18. The number of hydrogen-bond donors (Lipinski definition) is 0. The Hall–Kier alpha value is -1.44. The molecule has 0 amide bonds. The maximum Gasteiger partial charge on any atom is 0.0924 e. The first-order valence-electron chi connectivity index (χ1n) is 5.32. The van der Waals surface area contributed by atoms with E-state index in [1.807, 2.05) is 13.1 Å². The lowest BCUT2D eigenvalue weighted by atomic mass is 10.0. The van der Waals surface area contributed by atoms with Gasteiger partial charge in [-0.25, -0.2) is 0 Å². The Morgan fingerprint density at radius 3 is 2.60 bits per heavy atom. The molecule has 0 unspecified atom stereocenters. The highest BCUT2D eigenvalue weighted by molar-refractivity contribution is 5.79. The SMILES string of the molecule is Cc1cc2nccc(C(C)C)c2nc1C. The Morgan fingerprint density at radius 2 is 1.93 bits per heavy atom. The van der Waals surface area contributed by atoms with Crippen molar-refractivity contribution >= 4 is 11.0 Å². The summed E-state index contributed by atoms with van der Waals surface area (Å²) in [5, 5.41) is 0. The van der Waals surface area contributed by atoms with Gasteiger partial charge in [0.2, 0.25) is 0 Å². The van der Waals surface area contributed by atoms with Crippen molar-refractivity contribution in [1.29, 1.82) is 0 Å². The second-order valence-electron chi connectivity index (χ2n) is 4.31. The second-order valence-corrected chi connectivity index (χ2v) is 4.31. The third-order valence-electron chi connectivity index (χ3n) is 2.81. The largest absolute Gasteiger partial charge is 0.255 e. The van der Waals surface area contributed by atoms with Crippen LogP contribution in [0.15, 0.2) is 18.3 Å². The summed E-state index contributed by atoms with van der Waals surface area (Å²) < 4.78 is 0. The first-order chi connectivity index (χ1) is 7.09. The molecule has 0 fully saturated rings. The number of rotatable bonds is 1. The maximum absolute atomic E-state index is 4.63. The van der Waals surface area contributed by atoms with Crippen LogP contribution >= 0.6 is 0 Å². The summed E-state index contributed by atoms with van der Waals surface area (Å²) >= 11 is 0. The van der Waals surface area contributed by atoms with Crippen LogP contribution in [0, 0.1) is 13.8 Å². The van der Waals surface area contributed by atoms with E-state index in [0.717, 1.165) is 16.7 Å². The summed E-state index contributed by atoms with van der Waals surface area (Å²) in [5.41, 5.74) is 5.64. The molecule has 0 saturated carbocycles. The fraction of sp³-hybridized carbons (Fsp3) is 0.385. The zero-order valence-electron chi connectivity index (χ0n) is 9.70. The summed E-state index contributed by atoms with van der Waals surface area (Å²) in [6.45, 7) is 8.49. The van der Waals surface area contributed by atoms with Crippen LogP contribution in [0.4, 0.5) is 0 Å². The lowest BCUT2D eigenvalue weighted by molar-refractivity contribution is 0.869. The molecule has 0 aliphatic rings. The number of aryl methyl sites for hydroxylation is 2. The average molecular weight is 200 g/mol. The number of nitrogens with zero attached hydrogens (tertiary/aromatic N) is 2. The molecule has 2 aromatic rings. The van der Waals surface area contributed by atoms with Crippen LogP contribution in [-0.4, -0.2) is 9.97 Å². The number of hydrogen-bond acceptors (Lipinski definition) is 2. The molecule has 0 aromatic carbocycles. The fourth-order valence-electron chi connectivity index (χ4n) is 1.74. The molecular weight excluding hydrogens is 184 g/mol. The van der Waals surface area contributed by atoms with Crippen LogP contribution in [0.25, 0.3) is 11.0 Å². The Bertz CT molecular complexity index is 501. The molecule has 78 valence electrons. The van der Waals surface area contributed by atoms with Gasteiger partial charge in [0, 0.05) is 11.9 Å². The Balaban J connectivity index is 2.80. The molecule has 2 rings (SSSR count). The van der Waals surface area contributed by atoms with Crippen LogP contribution in [0.2, 0.25) is 0 Å². The molecular formula is C13H16N2. The van der Waals surface area contributed by atoms with E-state index in [1.54, 1.807) is 0 Å². The molecule has 2 heterocycles.